The van der Waals surface area contributed by atoms with Gasteiger partial charge in [0.1, 0.15) is 5.82 Å². The van der Waals surface area contributed by atoms with Gasteiger partial charge in [0.2, 0.25) is 0 Å². The average Bonchev–Trinajstić information content (AvgIpc) is 3.96. The van der Waals surface area contributed by atoms with E-state index in [2.05, 4.69) is 234 Å². The quantitative estimate of drug-likeness (QED) is 0.156. The molecule has 0 spiro atoms. The average molecular weight is 1060 g/mol. The van der Waals surface area contributed by atoms with Crippen molar-refractivity contribution in [1.82, 2.24) is 14.1 Å². The molecular formula is C60H54N5OPt-3. The van der Waals surface area contributed by atoms with Crippen LogP contribution in [0.1, 0.15) is 79.0 Å². The Kier molecular flexibility index (Phi) is 10.8. The summed E-state index contributed by atoms with van der Waals surface area (Å²) in [5, 5.41) is 4.61. The predicted molar refractivity (Wildman–Crippen MR) is 275 cm³/mol. The Labute approximate surface area is 408 Å². The van der Waals surface area contributed by atoms with E-state index in [1.807, 2.05) is 24.4 Å². The van der Waals surface area contributed by atoms with Gasteiger partial charge in [-0.25, -0.2) is 4.98 Å². The second-order valence-electron chi connectivity index (χ2n) is 20.7. The van der Waals surface area contributed by atoms with Crippen LogP contribution in [0.25, 0.3) is 55.1 Å². The minimum Gasteiger partial charge on any atom is -0.509 e. The fraction of sp³-hybridized carbons (Fsp3) is 0.200. The van der Waals surface area contributed by atoms with Crippen LogP contribution in [-0.4, -0.2) is 14.1 Å². The van der Waals surface area contributed by atoms with Gasteiger partial charge in [-0.3, -0.25) is 0 Å². The summed E-state index contributed by atoms with van der Waals surface area (Å²) in [5.41, 5.74) is 13.2. The Morgan fingerprint density at radius 3 is 1.70 bits per heavy atom. The van der Waals surface area contributed by atoms with Crippen molar-refractivity contribution in [3.63, 3.8) is 0 Å². The van der Waals surface area contributed by atoms with Crippen molar-refractivity contribution < 1.29 is 25.8 Å². The van der Waals surface area contributed by atoms with Crippen molar-refractivity contribution in [2.45, 2.75) is 78.6 Å². The number of rotatable bonds is 6. The van der Waals surface area contributed by atoms with Crippen LogP contribution in [0.5, 0.6) is 11.5 Å². The molecule has 1 aliphatic heterocycles. The molecule has 67 heavy (non-hydrogen) atoms. The monoisotopic (exact) mass is 1060 g/mol. The van der Waals surface area contributed by atoms with Gasteiger partial charge in [-0.05, 0) is 92.9 Å². The molecular weight excluding hydrogens is 1000 g/mol. The second-order valence-corrected chi connectivity index (χ2v) is 20.7. The van der Waals surface area contributed by atoms with Crippen LogP contribution in [0.15, 0.2) is 158 Å². The summed E-state index contributed by atoms with van der Waals surface area (Å²) in [6.07, 6.45) is 1.93. The number of hydrogen-bond donors (Lipinski definition) is 0. The summed E-state index contributed by atoms with van der Waals surface area (Å²) >= 11 is 0. The molecule has 10 aromatic rings. The van der Waals surface area contributed by atoms with Gasteiger partial charge >= 0.3 is 0 Å². The van der Waals surface area contributed by atoms with E-state index in [1.54, 1.807) is 0 Å². The van der Waals surface area contributed by atoms with E-state index in [0.717, 1.165) is 67.1 Å². The van der Waals surface area contributed by atoms with Crippen LogP contribution < -0.4 is 14.5 Å². The van der Waals surface area contributed by atoms with Crippen molar-refractivity contribution in [2.24, 2.45) is 0 Å². The molecule has 4 heterocycles. The molecule has 0 amide bonds. The molecule has 0 atom stereocenters. The molecule has 11 rings (SSSR count). The third-order valence-electron chi connectivity index (χ3n) is 13.1. The van der Waals surface area contributed by atoms with E-state index >= 15 is 0 Å². The molecule has 0 unspecified atom stereocenters. The smallest absolute Gasteiger partial charge is 0.135 e. The summed E-state index contributed by atoms with van der Waals surface area (Å²) in [4.78, 5) is 9.57. The Morgan fingerprint density at radius 1 is 0.478 bits per heavy atom. The number of para-hydroxylation sites is 5. The number of ether oxygens (including phenoxy) is 1. The van der Waals surface area contributed by atoms with Gasteiger partial charge in [0.25, 0.3) is 0 Å². The van der Waals surface area contributed by atoms with Gasteiger partial charge in [0, 0.05) is 66.6 Å². The Bertz CT molecular complexity index is 3440. The van der Waals surface area contributed by atoms with Crippen molar-refractivity contribution in [1.29, 1.82) is 0 Å². The topological polar surface area (TPSA) is 38.5 Å². The molecule has 7 heteroatoms. The molecule has 0 saturated carbocycles. The first-order valence-electron chi connectivity index (χ1n) is 23.0. The SMILES string of the molecule is CC(C)(C)c1cc(N2[CH-]N(c3[c-]c(Oc4[c-]c5c(cc4)c4cccc(-n6c7ccccc7c7ccccc76)c4n5-c4cc(C(C)(C)C)ccn4)ccc3)c3ccccc32)cc(C(C)(C)C)c1.[Pt]. The number of benzene rings is 7. The first-order valence-corrected chi connectivity index (χ1v) is 23.0. The predicted octanol–water partition coefficient (Wildman–Crippen LogP) is 16.0. The van der Waals surface area contributed by atoms with Crippen molar-refractivity contribution in [2.75, 3.05) is 9.80 Å². The van der Waals surface area contributed by atoms with E-state index in [9.17, 15) is 0 Å². The normalized spacial score (nSPS) is 13.2. The summed E-state index contributed by atoms with van der Waals surface area (Å²) < 4.78 is 11.4. The number of fused-ring (bicyclic) bond motifs is 7. The minimum absolute atomic E-state index is 0. The van der Waals surface area contributed by atoms with E-state index in [4.69, 9.17) is 9.72 Å². The maximum Gasteiger partial charge on any atom is 0.135 e. The molecule has 0 N–H and O–H groups in total. The molecule has 3 aromatic heterocycles. The van der Waals surface area contributed by atoms with E-state index in [1.165, 1.54) is 27.5 Å². The first-order chi connectivity index (χ1) is 31.6. The fourth-order valence-corrected chi connectivity index (χ4v) is 9.49. The Morgan fingerprint density at radius 2 is 1.04 bits per heavy atom. The van der Waals surface area contributed by atoms with Crippen molar-refractivity contribution in [3.8, 4) is 23.0 Å². The largest absolute Gasteiger partial charge is 0.509 e. The zero-order chi connectivity index (χ0) is 45.7. The van der Waals surface area contributed by atoms with E-state index < -0.39 is 0 Å². The molecule has 0 radical (unpaired) electrons. The number of pyridine rings is 1. The van der Waals surface area contributed by atoms with Crippen molar-refractivity contribution >= 4 is 66.4 Å². The van der Waals surface area contributed by atoms with Crippen LogP contribution in [0.4, 0.5) is 22.7 Å². The number of anilines is 4. The summed E-state index contributed by atoms with van der Waals surface area (Å²) in [6.45, 7) is 22.6. The molecule has 0 aliphatic carbocycles. The molecule has 0 fully saturated rings. The summed E-state index contributed by atoms with van der Waals surface area (Å²) in [6, 6.07) is 61.5. The van der Waals surface area contributed by atoms with Gasteiger partial charge < -0.3 is 23.7 Å². The third-order valence-corrected chi connectivity index (χ3v) is 13.1. The van der Waals surface area contributed by atoms with Gasteiger partial charge in [0.15, 0.2) is 0 Å². The van der Waals surface area contributed by atoms with Gasteiger partial charge in [-0.1, -0.05) is 135 Å². The number of hydrogen-bond acceptors (Lipinski definition) is 4. The number of aromatic nitrogens is 3. The minimum atomic E-state index is -0.0822. The third kappa shape index (κ3) is 7.70. The molecule has 0 bridgehead atoms. The van der Waals surface area contributed by atoms with Crippen LogP contribution in [-0.2, 0) is 37.3 Å². The molecule has 338 valence electrons. The molecule has 6 nitrogen and oxygen atoms in total. The zero-order valence-electron chi connectivity index (χ0n) is 39.5. The zero-order valence-corrected chi connectivity index (χ0v) is 41.8. The van der Waals surface area contributed by atoms with Crippen LogP contribution >= 0.6 is 0 Å². The molecule has 0 saturated heterocycles. The van der Waals surface area contributed by atoms with Crippen molar-refractivity contribution in [3.05, 3.63) is 193 Å². The standard InChI is InChI=1S/C60H54N5O.Pt/c1-58(2,3)39-30-31-61-56(35-39)65-55-37-45(28-29-48(55)49-22-17-27-54(57(49)65)64-50-23-12-10-20-46(50)47-21-11-13-24-51(47)64)66-44-19-16-18-42(36-44)62-38-63(53-26-15-14-25-52(53)62)43-33-40(59(4,5)6)32-41(34-43)60(7,8)9;/h10-35,38H,1-9H3;/q-3;. The van der Waals surface area contributed by atoms with E-state index in [0.29, 0.717) is 11.5 Å². The Hall–Kier alpha value is -6.62. The molecule has 7 aromatic carbocycles. The maximum absolute atomic E-state index is 6.77. The second kappa shape index (κ2) is 16.3. The van der Waals surface area contributed by atoms with Gasteiger partial charge in [-0.2, -0.15) is 12.1 Å². The number of nitrogens with zero attached hydrogens (tertiary/aromatic N) is 5. The van der Waals surface area contributed by atoms with Gasteiger partial charge in [-0.15, -0.1) is 48.1 Å². The maximum atomic E-state index is 6.77. The molecule has 1 aliphatic rings. The summed E-state index contributed by atoms with van der Waals surface area (Å²) in [5.74, 6) is 2.01. The van der Waals surface area contributed by atoms with Crippen LogP contribution in [0.3, 0.4) is 0 Å². The first kappa shape index (κ1) is 44.2. The van der Waals surface area contributed by atoms with Crippen LogP contribution in [0, 0.1) is 18.8 Å². The van der Waals surface area contributed by atoms with Gasteiger partial charge in [0.05, 0.1) is 22.2 Å². The fourth-order valence-electron chi connectivity index (χ4n) is 9.49. The summed E-state index contributed by atoms with van der Waals surface area (Å²) in [7, 11) is 0. The Balaban J connectivity index is 0.00000525. The van der Waals surface area contributed by atoms with Crippen LogP contribution in [0.2, 0.25) is 0 Å². The van der Waals surface area contributed by atoms with E-state index in [-0.39, 0.29) is 37.3 Å².